The van der Waals surface area contributed by atoms with Crippen LogP contribution in [0.3, 0.4) is 0 Å². The third kappa shape index (κ3) is 3.79. The van der Waals surface area contributed by atoms with Crippen molar-refractivity contribution in [2.75, 3.05) is 12.3 Å². The Hall–Kier alpha value is -1.57. The van der Waals surface area contributed by atoms with Crippen molar-refractivity contribution in [3.8, 4) is 0 Å². The number of amides is 2. The van der Waals surface area contributed by atoms with E-state index in [9.17, 15) is 9.59 Å². The van der Waals surface area contributed by atoms with E-state index in [1.165, 1.54) is 11.8 Å². The van der Waals surface area contributed by atoms with E-state index in [0.717, 1.165) is 5.82 Å². The molecule has 0 aromatic carbocycles. The number of carbonyl (C=O) groups is 2. The maximum absolute atomic E-state index is 12.1. The van der Waals surface area contributed by atoms with Crippen molar-refractivity contribution in [1.82, 2.24) is 25.4 Å². The average molecular weight is 325 g/mol. The van der Waals surface area contributed by atoms with Gasteiger partial charge in [-0.15, -0.1) is 22.0 Å². The summed E-state index contributed by atoms with van der Waals surface area (Å²) in [6.45, 7) is 8.31. The summed E-state index contributed by atoms with van der Waals surface area (Å²) in [5, 5.41) is 13.6. The predicted octanol–water partition coefficient (Wildman–Crippen LogP) is 0.528. The van der Waals surface area contributed by atoms with Crippen molar-refractivity contribution >= 4 is 23.6 Å². The number of nitrogens with zero attached hydrogens (tertiary/aromatic N) is 3. The molecule has 1 aliphatic rings. The molecule has 1 saturated heterocycles. The van der Waals surface area contributed by atoms with Gasteiger partial charge in [0.05, 0.1) is 4.75 Å². The molecule has 0 saturated carbocycles. The normalized spacial score (nSPS) is 20.8. The van der Waals surface area contributed by atoms with Crippen LogP contribution in [0.1, 0.15) is 39.6 Å². The molecule has 2 rings (SSSR count). The summed E-state index contributed by atoms with van der Waals surface area (Å²) >= 11 is 1.50. The highest BCUT2D eigenvalue weighted by molar-refractivity contribution is 8.01. The summed E-state index contributed by atoms with van der Waals surface area (Å²) in [6, 6.07) is -0.176. The molecule has 1 atom stereocenters. The fourth-order valence-corrected chi connectivity index (χ4v) is 3.18. The molecule has 122 valence electrons. The maximum Gasteiger partial charge on any atom is 0.243 e. The van der Waals surface area contributed by atoms with Crippen LogP contribution in [0.5, 0.6) is 0 Å². The van der Waals surface area contributed by atoms with Crippen molar-refractivity contribution in [3.05, 3.63) is 12.2 Å². The Labute approximate surface area is 134 Å². The molecule has 8 heteroatoms. The van der Waals surface area contributed by atoms with Crippen molar-refractivity contribution < 1.29 is 9.59 Å². The van der Waals surface area contributed by atoms with Gasteiger partial charge < -0.3 is 15.2 Å². The Morgan fingerprint density at radius 1 is 1.59 bits per heavy atom. The van der Waals surface area contributed by atoms with Gasteiger partial charge in [-0.2, -0.15) is 0 Å². The van der Waals surface area contributed by atoms with E-state index >= 15 is 0 Å². The minimum Gasteiger partial charge on any atom is -0.354 e. The molecule has 0 bridgehead atoms. The Morgan fingerprint density at radius 3 is 2.95 bits per heavy atom. The molecule has 2 N–H and O–H groups in total. The second kappa shape index (κ2) is 6.68. The summed E-state index contributed by atoms with van der Waals surface area (Å²) in [6.07, 6.45) is 2.31. The number of thioether (sulfide) groups is 1. The van der Waals surface area contributed by atoms with Crippen LogP contribution >= 0.6 is 11.8 Å². The Morgan fingerprint density at radius 2 is 2.32 bits per heavy atom. The zero-order valence-electron chi connectivity index (χ0n) is 13.4. The SMILES string of the molecule is CC(C)n1cnnc1CCNC(=O)[C@H]1CSC(C)(C)C(=O)N1. The van der Waals surface area contributed by atoms with Crippen LogP contribution in [0.2, 0.25) is 0 Å². The van der Waals surface area contributed by atoms with Crippen LogP contribution in [0.25, 0.3) is 0 Å². The first-order valence-electron chi connectivity index (χ1n) is 7.42. The molecule has 0 radical (unpaired) electrons. The fraction of sp³-hybridized carbons (Fsp3) is 0.714. The van der Waals surface area contributed by atoms with Gasteiger partial charge in [0.25, 0.3) is 0 Å². The van der Waals surface area contributed by atoms with Crippen molar-refractivity contribution in [3.63, 3.8) is 0 Å². The first-order valence-corrected chi connectivity index (χ1v) is 8.41. The lowest BCUT2D eigenvalue weighted by Crippen LogP contribution is -2.57. The van der Waals surface area contributed by atoms with Gasteiger partial charge in [-0.25, -0.2) is 0 Å². The van der Waals surface area contributed by atoms with Crippen LogP contribution in [0, 0.1) is 0 Å². The molecule has 2 heterocycles. The van der Waals surface area contributed by atoms with Crippen LogP contribution < -0.4 is 10.6 Å². The number of nitrogens with one attached hydrogen (secondary N) is 2. The molecular formula is C14H23N5O2S. The molecule has 1 aromatic rings. The lowest BCUT2D eigenvalue weighted by atomic mass is 10.1. The highest BCUT2D eigenvalue weighted by Crippen LogP contribution is 2.28. The average Bonchev–Trinajstić information content (AvgIpc) is 2.90. The minimum atomic E-state index is -0.468. The molecule has 22 heavy (non-hydrogen) atoms. The molecule has 2 amide bonds. The second-order valence-electron chi connectivity index (χ2n) is 6.14. The van der Waals surface area contributed by atoms with Crippen molar-refractivity contribution in [2.24, 2.45) is 0 Å². The highest BCUT2D eigenvalue weighted by Gasteiger charge is 2.37. The first-order chi connectivity index (χ1) is 10.3. The van der Waals surface area contributed by atoms with E-state index in [1.807, 2.05) is 18.4 Å². The number of aromatic nitrogens is 3. The van der Waals surface area contributed by atoms with E-state index in [-0.39, 0.29) is 17.9 Å². The maximum atomic E-state index is 12.1. The first kappa shape index (κ1) is 16.8. The quantitative estimate of drug-likeness (QED) is 0.824. The summed E-state index contributed by atoms with van der Waals surface area (Å²) in [7, 11) is 0. The highest BCUT2D eigenvalue weighted by atomic mass is 32.2. The second-order valence-corrected chi connectivity index (χ2v) is 7.78. The Balaban J connectivity index is 1.81. The summed E-state index contributed by atoms with van der Waals surface area (Å²) in [5.74, 6) is 1.20. The molecule has 0 aliphatic carbocycles. The van der Waals surface area contributed by atoms with Gasteiger partial charge in [0.15, 0.2) is 0 Å². The molecule has 1 fully saturated rings. The zero-order valence-corrected chi connectivity index (χ0v) is 14.2. The summed E-state index contributed by atoms with van der Waals surface area (Å²) in [4.78, 5) is 24.0. The van der Waals surface area contributed by atoms with Gasteiger partial charge in [0, 0.05) is 24.8 Å². The standard InChI is InChI=1S/C14H23N5O2S/c1-9(2)19-8-16-18-11(19)5-6-15-12(20)10-7-22-14(3,4)13(21)17-10/h8-10H,5-7H2,1-4H3,(H,15,20)(H,17,21)/t10-/m1/s1. The smallest absolute Gasteiger partial charge is 0.243 e. The molecular weight excluding hydrogens is 302 g/mol. The lowest BCUT2D eigenvalue weighted by molar-refractivity contribution is -0.129. The predicted molar refractivity (Wildman–Crippen MR) is 85.6 cm³/mol. The monoisotopic (exact) mass is 325 g/mol. The van der Waals surface area contributed by atoms with Gasteiger partial charge in [0.2, 0.25) is 11.8 Å². The van der Waals surface area contributed by atoms with Crippen LogP contribution in [-0.4, -0.2) is 49.7 Å². The van der Waals surface area contributed by atoms with E-state index in [2.05, 4.69) is 34.7 Å². The molecule has 0 unspecified atom stereocenters. The lowest BCUT2D eigenvalue weighted by Gasteiger charge is -2.32. The molecule has 1 aliphatic heterocycles. The van der Waals surface area contributed by atoms with Gasteiger partial charge in [-0.3, -0.25) is 9.59 Å². The van der Waals surface area contributed by atoms with Gasteiger partial charge >= 0.3 is 0 Å². The number of hydrogen-bond donors (Lipinski definition) is 2. The summed E-state index contributed by atoms with van der Waals surface area (Å²) in [5.41, 5.74) is 0. The van der Waals surface area contributed by atoms with E-state index in [4.69, 9.17) is 0 Å². The zero-order chi connectivity index (χ0) is 16.3. The minimum absolute atomic E-state index is 0.0940. The van der Waals surface area contributed by atoms with Gasteiger partial charge in [-0.1, -0.05) is 0 Å². The van der Waals surface area contributed by atoms with E-state index in [0.29, 0.717) is 18.7 Å². The topological polar surface area (TPSA) is 88.9 Å². The van der Waals surface area contributed by atoms with Crippen molar-refractivity contribution in [2.45, 2.75) is 50.9 Å². The van der Waals surface area contributed by atoms with Crippen LogP contribution in [0.15, 0.2) is 6.33 Å². The molecule has 0 spiro atoms. The Kier molecular flexibility index (Phi) is 5.10. The molecule has 1 aromatic heterocycles. The molecule has 7 nitrogen and oxygen atoms in total. The van der Waals surface area contributed by atoms with Gasteiger partial charge in [0.1, 0.15) is 18.2 Å². The number of carbonyl (C=O) groups excluding carboxylic acids is 2. The third-order valence-corrected chi connectivity index (χ3v) is 5.04. The largest absolute Gasteiger partial charge is 0.354 e. The number of hydrogen-bond acceptors (Lipinski definition) is 5. The van der Waals surface area contributed by atoms with Crippen LogP contribution in [-0.2, 0) is 16.0 Å². The third-order valence-electron chi connectivity index (χ3n) is 3.63. The fourth-order valence-electron chi connectivity index (χ4n) is 2.17. The van der Waals surface area contributed by atoms with E-state index < -0.39 is 10.8 Å². The number of rotatable bonds is 5. The van der Waals surface area contributed by atoms with Crippen LogP contribution in [0.4, 0.5) is 0 Å². The summed E-state index contributed by atoms with van der Waals surface area (Å²) < 4.78 is 1.51. The Bertz CT molecular complexity index is 555. The van der Waals surface area contributed by atoms with Crippen molar-refractivity contribution in [1.29, 1.82) is 0 Å². The van der Waals surface area contributed by atoms with Gasteiger partial charge in [-0.05, 0) is 27.7 Å². The van der Waals surface area contributed by atoms with E-state index in [1.54, 1.807) is 6.33 Å².